The second-order valence-corrected chi connectivity index (χ2v) is 5.02. The monoisotopic (exact) mass is 324 g/mol. The maximum absolute atomic E-state index is 12.2. The van der Waals surface area contributed by atoms with Crippen molar-refractivity contribution in [1.82, 2.24) is 5.43 Å². The molecule has 124 valence electrons. The lowest BCUT2D eigenvalue weighted by atomic mass is 10.1. The smallest absolute Gasteiger partial charge is 0.271 e. The van der Waals surface area contributed by atoms with Gasteiger partial charge < -0.3 is 9.84 Å². The van der Waals surface area contributed by atoms with Gasteiger partial charge in [-0.3, -0.25) is 4.79 Å². The van der Waals surface area contributed by atoms with Crippen molar-refractivity contribution in [2.45, 2.75) is 13.3 Å². The largest absolute Gasteiger partial charge is 0.508 e. The Morgan fingerprint density at radius 1 is 1.17 bits per heavy atom. The molecule has 0 bridgehead atoms. The van der Waals surface area contributed by atoms with Crippen molar-refractivity contribution in [3.8, 4) is 11.5 Å². The quantitative estimate of drug-likeness (QED) is 0.465. The second kappa shape index (κ2) is 8.53. The van der Waals surface area contributed by atoms with Crippen molar-refractivity contribution in [2.24, 2.45) is 5.10 Å². The average molecular weight is 324 g/mol. The van der Waals surface area contributed by atoms with E-state index in [9.17, 15) is 9.90 Å². The predicted molar refractivity (Wildman–Crippen MR) is 94.5 cm³/mol. The maximum atomic E-state index is 12.2. The van der Waals surface area contributed by atoms with Gasteiger partial charge in [0.05, 0.1) is 5.71 Å². The number of ether oxygens (including phenoxy) is 1. The number of phenols is 1. The molecule has 0 aliphatic heterocycles. The summed E-state index contributed by atoms with van der Waals surface area (Å²) in [7, 11) is 0. The minimum Gasteiger partial charge on any atom is -0.508 e. The van der Waals surface area contributed by atoms with E-state index >= 15 is 0 Å². The summed E-state index contributed by atoms with van der Waals surface area (Å²) in [5.41, 5.74) is 4.63. The van der Waals surface area contributed by atoms with E-state index in [2.05, 4.69) is 17.1 Å². The number of hydrogen-bond donors (Lipinski definition) is 2. The molecule has 2 aromatic carbocycles. The van der Waals surface area contributed by atoms with Gasteiger partial charge in [-0.25, -0.2) is 5.43 Å². The van der Waals surface area contributed by atoms with E-state index < -0.39 is 0 Å². The van der Waals surface area contributed by atoms with Crippen LogP contribution in [0.15, 0.2) is 66.3 Å². The molecule has 0 aromatic heterocycles. The van der Waals surface area contributed by atoms with E-state index in [1.165, 1.54) is 0 Å². The first kappa shape index (κ1) is 17.3. The first-order chi connectivity index (χ1) is 11.6. The van der Waals surface area contributed by atoms with Crippen LogP contribution in [-0.2, 0) is 0 Å². The molecule has 2 aromatic rings. The van der Waals surface area contributed by atoms with Crippen LogP contribution in [0.25, 0.3) is 0 Å². The summed E-state index contributed by atoms with van der Waals surface area (Å²) in [6.07, 6.45) is 2.31. The SMILES string of the molecule is C=CCOc1ccc(C(=O)N/N=C(\CC)c2ccc(O)cc2)cc1. The zero-order valence-electron chi connectivity index (χ0n) is 13.5. The third kappa shape index (κ3) is 4.71. The first-order valence-electron chi connectivity index (χ1n) is 7.64. The van der Waals surface area contributed by atoms with E-state index in [4.69, 9.17) is 4.74 Å². The van der Waals surface area contributed by atoms with E-state index in [0.29, 0.717) is 24.3 Å². The Hall–Kier alpha value is -3.08. The number of amides is 1. The molecule has 0 radical (unpaired) electrons. The molecule has 5 heteroatoms. The fourth-order valence-corrected chi connectivity index (χ4v) is 2.04. The van der Waals surface area contributed by atoms with Crippen LogP contribution in [0.2, 0.25) is 0 Å². The maximum Gasteiger partial charge on any atom is 0.271 e. The minimum absolute atomic E-state index is 0.192. The molecule has 0 spiro atoms. The number of nitrogens with zero attached hydrogens (tertiary/aromatic N) is 1. The molecular weight excluding hydrogens is 304 g/mol. The van der Waals surface area contributed by atoms with Gasteiger partial charge in [0.1, 0.15) is 18.1 Å². The molecule has 1 amide bonds. The highest BCUT2D eigenvalue weighted by Crippen LogP contribution is 2.13. The van der Waals surface area contributed by atoms with Gasteiger partial charge in [-0.1, -0.05) is 19.6 Å². The van der Waals surface area contributed by atoms with Crippen molar-refractivity contribution < 1.29 is 14.6 Å². The number of carbonyl (C=O) groups excluding carboxylic acids is 1. The number of hydrogen-bond acceptors (Lipinski definition) is 4. The molecule has 24 heavy (non-hydrogen) atoms. The summed E-state index contributed by atoms with van der Waals surface area (Å²) in [5, 5.41) is 13.5. The summed E-state index contributed by atoms with van der Waals surface area (Å²) < 4.78 is 5.38. The van der Waals surface area contributed by atoms with Crippen LogP contribution in [-0.4, -0.2) is 23.3 Å². The lowest BCUT2D eigenvalue weighted by Gasteiger charge is -2.07. The number of nitrogens with one attached hydrogen (secondary N) is 1. The van der Waals surface area contributed by atoms with Gasteiger partial charge in [0.25, 0.3) is 5.91 Å². The summed E-state index contributed by atoms with van der Waals surface area (Å²) in [6.45, 7) is 5.95. The van der Waals surface area contributed by atoms with E-state index in [-0.39, 0.29) is 11.7 Å². The van der Waals surface area contributed by atoms with Gasteiger partial charge in [-0.2, -0.15) is 5.10 Å². The van der Waals surface area contributed by atoms with Crippen molar-refractivity contribution in [3.63, 3.8) is 0 Å². The second-order valence-electron chi connectivity index (χ2n) is 5.02. The van der Waals surface area contributed by atoms with Crippen LogP contribution in [0.1, 0.15) is 29.3 Å². The third-order valence-electron chi connectivity index (χ3n) is 3.31. The van der Waals surface area contributed by atoms with Crippen LogP contribution in [0, 0.1) is 0 Å². The molecule has 0 atom stereocenters. The molecule has 2 N–H and O–H groups in total. The molecule has 0 aliphatic rings. The molecule has 0 aliphatic carbocycles. The highest BCUT2D eigenvalue weighted by Gasteiger charge is 2.06. The molecule has 0 saturated carbocycles. The van der Waals surface area contributed by atoms with Gasteiger partial charge in [-0.05, 0) is 60.5 Å². The van der Waals surface area contributed by atoms with Crippen LogP contribution in [0.3, 0.4) is 0 Å². The van der Waals surface area contributed by atoms with Crippen LogP contribution >= 0.6 is 0 Å². The Morgan fingerprint density at radius 3 is 2.38 bits per heavy atom. The highest BCUT2D eigenvalue weighted by atomic mass is 16.5. The lowest BCUT2D eigenvalue weighted by molar-refractivity contribution is 0.0954. The Kier molecular flexibility index (Phi) is 6.14. The van der Waals surface area contributed by atoms with E-state index in [1.807, 2.05) is 6.92 Å². The number of aromatic hydroxyl groups is 1. The Balaban J connectivity index is 2.04. The van der Waals surface area contributed by atoms with Gasteiger partial charge in [0.2, 0.25) is 0 Å². The fraction of sp³-hybridized carbons (Fsp3) is 0.158. The van der Waals surface area contributed by atoms with Gasteiger partial charge in [0, 0.05) is 5.56 Å². The summed E-state index contributed by atoms with van der Waals surface area (Å²) in [4.78, 5) is 12.2. The van der Waals surface area contributed by atoms with Crippen LogP contribution in [0.4, 0.5) is 0 Å². The average Bonchev–Trinajstić information content (AvgIpc) is 2.62. The Bertz CT molecular complexity index is 719. The molecule has 0 saturated heterocycles. The van der Waals surface area contributed by atoms with Crippen molar-refractivity contribution in [1.29, 1.82) is 0 Å². The number of hydrazone groups is 1. The number of carbonyl (C=O) groups is 1. The highest BCUT2D eigenvalue weighted by molar-refractivity contribution is 6.02. The van der Waals surface area contributed by atoms with Crippen LogP contribution in [0.5, 0.6) is 11.5 Å². The predicted octanol–water partition coefficient (Wildman–Crippen LogP) is 3.50. The first-order valence-corrected chi connectivity index (χ1v) is 7.64. The lowest BCUT2D eigenvalue weighted by Crippen LogP contribution is -2.19. The number of benzene rings is 2. The molecule has 5 nitrogen and oxygen atoms in total. The van der Waals surface area contributed by atoms with Gasteiger partial charge in [0.15, 0.2) is 0 Å². The normalized spacial score (nSPS) is 11.0. The summed E-state index contributed by atoms with van der Waals surface area (Å²) >= 11 is 0. The minimum atomic E-state index is -0.296. The van der Waals surface area contributed by atoms with Crippen molar-refractivity contribution >= 4 is 11.6 Å². The Labute approximate surface area is 141 Å². The standard InChI is InChI=1S/C19H20N2O3/c1-3-13-24-17-11-7-15(8-12-17)19(23)21-20-18(4-2)14-5-9-16(22)10-6-14/h3,5-12,22H,1,4,13H2,2H3,(H,21,23)/b20-18+. The molecule has 2 rings (SSSR count). The fourth-order valence-electron chi connectivity index (χ4n) is 2.04. The van der Waals surface area contributed by atoms with E-state index in [0.717, 1.165) is 11.3 Å². The third-order valence-corrected chi connectivity index (χ3v) is 3.31. The molecule has 0 heterocycles. The zero-order valence-corrected chi connectivity index (χ0v) is 13.5. The zero-order chi connectivity index (χ0) is 17.4. The van der Waals surface area contributed by atoms with Gasteiger partial charge >= 0.3 is 0 Å². The molecule has 0 fully saturated rings. The van der Waals surface area contributed by atoms with Crippen molar-refractivity contribution in [2.75, 3.05) is 6.61 Å². The number of rotatable bonds is 7. The number of phenolic OH excluding ortho intramolecular Hbond substituents is 1. The van der Waals surface area contributed by atoms with Gasteiger partial charge in [-0.15, -0.1) is 0 Å². The molecule has 0 unspecified atom stereocenters. The topological polar surface area (TPSA) is 70.9 Å². The Morgan fingerprint density at radius 2 is 1.79 bits per heavy atom. The summed E-state index contributed by atoms with van der Waals surface area (Å²) in [6, 6.07) is 13.5. The van der Waals surface area contributed by atoms with Crippen LogP contribution < -0.4 is 10.2 Å². The van der Waals surface area contributed by atoms with Crippen molar-refractivity contribution in [3.05, 3.63) is 72.3 Å². The summed E-state index contributed by atoms with van der Waals surface area (Å²) in [5.74, 6) is 0.570. The van der Waals surface area contributed by atoms with E-state index in [1.54, 1.807) is 54.6 Å². The molecular formula is C19H20N2O3.